The van der Waals surface area contributed by atoms with Gasteiger partial charge in [-0.3, -0.25) is 4.79 Å². The fraction of sp³-hybridized carbons (Fsp3) is 0.571. The summed E-state index contributed by atoms with van der Waals surface area (Å²) in [6.07, 6.45) is 0.830. The van der Waals surface area contributed by atoms with Gasteiger partial charge in [-0.15, -0.1) is 0 Å². The molecule has 3 heteroatoms. The smallest absolute Gasteiger partial charge is 0.306 e. The number of esters is 1. The molecule has 0 aromatic heterocycles. The van der Waals surface area contributed by atoms with Crippen LogP contribution in [0.25, 0.3) is 0 Å². The lowest BCUT2D eigenvalue weighted by atomic mass is 10.3. The molecule has 0 rings (SSSR count). The zero-order chi connectivity index (χ0) is 7.98. The van der Waals surface area contributed by atoms with E-state index in [2.05, 4.69) is 11.3 Å². The van der Waals surface area contributed by atoms with Crippen molar-refractivity contribution in [2.24, 2.45) is 0 Å². The molecule has 0 N–H and O–H groups in total. The Morgan fingerprint density at radius 3 is 2.60 bits per heavy atom. The van der Waals surface area contributed by atoms with Gasteiger partial charge in [0.15, 0.2) is 0 Å². The Morgan fingerprint density at radius 2 is 2.20 bits per heavy atom. The van der Waals surface area contributed by atoms with Crippen LogP contribution in [0, 0.1) is 0 Å². The molecule has 2 nitrogen and oxygen atoms in total. The molecule has 0 spiro atoms. The molecule has 0 aliphatic carbocycles. The lowest BCUT2D eigenvalue weighted by Gasteiger charge is -1.98. The maximum atomic E-state index is 10.6. The predicted octanol–water partition coefficient (Wildman–Crippen LogP) is 2.08. The van der Waals surface area contributed by atoms with E-state index in [1.54, 1.807) is 6.92 Å². The van der Waals surface area contributed by atoms with Crippen LogP contribution in [0.1, 0.15) is 19.8 Å². The van der Waals surface area contributed by atoms with Gasteiger partial charge in [0.05, 0.1) is 13.0 Å². The molecule has 0 aliphatic rings. The highest BCUT2D eigenvalue weighted by Crippen LogP contribution is 2.06. The highest BCUT2D eigenvalue weighted by molar-refractivity contribution is 6.29. The topological polar surface area (TPSA) is 26.3 Å². The second-order valence-electron chi connectivity index (χ2n) is 1.82. The van der Waals surface area contributed by atoms with Crippen LogP contribution >= 0.6 is 11.6 Å². The van der Waals surface area contributed by atoms with Crippen molar-refractivity contribution in [2.45, 2.75) is 19.8 Å². The summed E-state index contributed by atoms with van der Waals surface area (Å²) in [4.78, 5) is 10.6. The second kappa shape index (κ2) is 5.30. The van der Waals surface area contributed by atoms with Crippen LogP contribution in [0.4, 0.5) is 0 Å². The van der Waals surface area contributed by atoms with Gasteiger partial charge in [-0.1, -0.05) is 18.2 Å². The molecule has 58 valence electrons. The number of rotatable bonds is 4. The molecule has 0 unspecified atom stereocenters. The monoisotopic (exact) mass is 162 g/mol. The Kier molecular flexibility index (Phi) is 5.03. The third-order valence-corrected chi connectivity index (χ3v) is 1.09. The van der Waals surface area contributed by atoms with E-state index >= 15 is 0 Å². The molecule has 0 saturated carbocycles. The third-order valence-electron chi connectivity index (χ3n) is 0.906. The van der Waals surface area contributed by atoms with Crippen molar-refractivity contribution in [1.29, 1.82) is 0 Å². The number of allylic oxidation sites excluding steroid dienone is 1. The number of hydrogen-bond acceptors (Lipinski definition) is 2. The Morgan fingerprint density at radius 1 is 1.60 bits per heavy atom. The first kappa shape index (κ1) is 9.50. The van der Waals surface area contributed by atoms with Crippen LogP contribution in [0.3, 0.4) is 0 Å². The predicted molar refractivity (Wildman–Crippen MR) is 40.9 cm³/mol. The van der Waals surface area contributed by atoms with Gasteiger partial charge in [-0.25, -0.2) is 0 Å². The zero-order valence-corrected chi connectivity index (χ0v) is 6.78. The van der Waals surface area contributed by atoms with Gasteiger partial charge in [0.1, 0.15) is 0 Å². The van der Waals surface area contributed by atoms with E-state index in [1.807, 2.05) is 0 Å². The first-order valence-electron chi connectivity index (χ1n) is 3.15. The second-order valence-corrected chi connectivity index (χ2v) is 2.36. The van der Waals surface area contributed by atoms with Crippen molar-refractivity contribution in [3.8, 4) is 0 Å². The van der Waals surface area contributed by atoms with Crippen molar-refractivity contribution < 1.29 is 9.53 Å². The summed E-state index contributed by atoms with van der Waals surface area (Å²) in [5, 5.41) is 0.494. The fourth-order valence-corrected chi connectivity index (χ4v) is 0.565. The summed E-state index contributed by atoms with van der Waals surface area (Å²) >= 11 is 5.42. The molecule has 0 amide bonds. The van der Waals surface area contributed by atoms with Crippen molar-refractivity contribution >= 4 is 17.6 Å². The van der Waals surface area contributed by atoms with Gasteiger partial charge < -0.3 is 4.74 Å². The number of hydrogen-bond donors (Lipinski definition) is 0. The maximum Gasteiger partial charge on any atom is 0.306 e. The van der Waals surface area contributed by atoms with Crippen LogP contribution in [0.2, 0.25) is 0 Å². The SMILES string of the molecule is C=C(Cl)CCC(=O)OCC. The van der Waals surface area contributed by atoms with Crippen LogP contribution < -0.4 is 0 Å². The summed E-state index contributed by atoms with van der Waals surface area (Å²) in [5.74, 6) is -0.218. The van der Waals surface area contributed by atoms with Crippen LogP contribution in [0.15, 0.2) is 11.6 Å². The zero-order valence-electron chi connectivity index (χ0n) is 6.02. The van der Waals surface area contributed by atoms with Crippen molar-refractivity contribution in [3.05, 3.63) is 11.6 Å². The minimum Gasteiger partial charge on any atom is -0.466 e. The van der Waals surface area contributed by atoms with Crippen LogP contribution in [-0.4, -0.2) is 12.6 Å². The number of carbonyl (C=O) groups excluding carboxylic acids is 1. The number of halogens is 1. The van der Waals surface area contributed by atoms with Crippen LogP contribution in [0.5, 0.6) is 0 Å². The lowest BCUT2D eigenvalue weighted by molar-refractivity contribution is -0.143. The molecule has 0 heterocycles. The van der Waals surface area contributed by atoms with Gasteiger partial charge in [0.2, 0.25) is 0 Å². The Balaban J connectivity index is 3.30. The van der Waals surface area contributed by atoms with Crippen molar-refractivity contribution in [3.63, 3.8) is 0 Å². The van der Waals surface area contributed by atoms with E-state index in [9.17, 15) is 4.79 Å². The molecule has 0 aromatic rings. The molecular weight excluding hydrogens is 152 g/mol. The summed E-state index contributed by atoms with van der Waals surface area (Å²) in [7, 11) is 0. The molecule has 0 atom stereocenters. The number of ether oxygens (including phenoxy) is 1. The summed E-state index contributed by atoms with van der Waals surface area (Å²) < 4.78 is 4.65. The minimum atomic E-state index is -0.218. The van der Waals surface area contributed by atoms with E-state index in [-0.39, 0.29) is 5.97 Å². The van der Waals surface area contributed by atoms with Gasteiger partial charge in [-0.05, 0) is 13.3 Å². The molecule has 0 bridgehead atoms. The highest BCUT2D eigenvalue weighted by Gasteiger charge is 2.00. The molecule has 10 heavy (non-hydrogen) atoms. The molecule has 0 aliphatic heterocycles. The molecule has 0 radical (unpaired) electrons. The summed E-state index contributed by atoms with van der Waals surface area (Å²) in [5.41, 5.74) is 0. The molecule has 0 aromatic carbocycles. The minimum absolute atomic E-state index is 0.218. The molecule has 0 fully saturated rings. The van der Waals surface area contributed by atoms with Crippen molar-refractivity contribution in [2.75, 3.05) is 6.61 Å². The van der Waals surface area contributed by atoms with Crippen LogP contribution in [-0.2, 0) is 9.53 Å². The van der Waals surface area contributed by atoms with Crippen molar-refractivity contribution in [1.82, 2.24) is 0 Å². The van der Waals surface area contributed by atoms with E-state index < -0.39 is 0 Å². The highest BCUT2D eigenvalue weighted by atomic mass is 35.5. The Bertz CT molecular complexity index is 132. The third kappa shape index (κ3) is 5.63. The Labute approximate surface area is 65.8 Å². The quantitative estimate of drug-likeness (QED) is 0.592. The maximum absolute atomic E-state index is 10.6. The fourth-order valence-electron chi connectivity index (χ4n) is 0.471. The first-order chi connectivity index (χ1) is 4.66. The summed E-state index contributed by atoms with van der Waals surface area (Å²) in [6, 6.07) is 0. The average Bonchev–Trinajstić information content (AvgIpc) is 1.85. The van der Waals surface area contributed by atoms with Gasteiger partial charge in [-0.2, -0.15) is 0 Å². The van der Waals surface area contributed by atoms with Gasteiger partial charge in [0, 0.05) is 5.03 Å². The van der Waals surface area contributed by atoms with E-state index in [0.717, 1.165) is 0 Å². The first-order valence-corrected chi connectivity index (χ1v) is 3.53. The molecular formula is C7H11ClO2. The average molecular weight is 163 g/mol. The lowest BCUT2D eigenvalue weighted by Crippen LogP contribution is -2.02. The Hall–Kier alpha value is -0.500. The number of carbonyl (C=O) groups is 1. The van der Waals surface area contributed by atoms with Gasteiger partial charge >= 0.3 is 5.97 Å². The van der Waals surface area contributed by atoms with E-state index in [0.29, 0.717) is 24.5 Å². The molecule has 0 saturated heterocycles. The van der Waals surface area contributed by atoms with Gasteiger partial charge in [0.25, 0.3) is 0 Å². The largest absolute Gasteiger partial charge is 0.466 e. The summed E-state index contributed by atoms with van der Waals surface area (Å²) in [6.45, 7) is 5.64. The standard InChI is InChI=1S/C7H11ClO2/c1-3-10-7(9)5-4-6(2)8/h2-5H2,1H3. The normalized spacial score (nSPS) is 9.00. The van der Waals surface area contributed by atoms with E-state index in [4.69, 9.17) is 11.6 Å². The van der Waals surface area contributed by atoms with E-state index in [1.165, 1.54) is 0 Å².